The predicted molar refractivity (Wildman–Crippen MR) is 88.0 cm³/mol. The van der Waals surface area contributed by atoms with Gasteiger partial charge >= 0.3 is 8.80 Å². The van der Waals surface area contributed by atoms with Crippen molar-refractivity contribution in [3.8, 4) is 0 Å². The number of hydrogen-bond donors (Lipinski definition) is 0. The zero-order valence-corrected chi connectivity index (χ0v) is 14.9. The Hall–Kier alpha value is 0.297. The van der Waals surface area contributed by atoms with Crippen molar-refractivity contribution in [2.24, 2.45) is 0 Å². The second kappa shape index (κ2) is 8.07. The van der Waals surface area contributed by atoms with E-state index in [1.54, 1.807) is 11.8 Å². The van der Waals surface area contributed by atoms with Crippen LogP contribution in [-0.4, -0.2) is 80.8 Å². The maximum atomic E-state index is 5.99. The lowest BCUT2D eigenvalue weighted by atomic mass is 10.4. The molecule has 0 aromatic carbocycles. The van der Waals surface area contributed by atoms with E-state index in [1.165, 1.54) is 0 Å². The second-order valence-electron chi connectivity index (χ2n) is 4.80. The minimum Gasteiger partial charge on any atom is -0.372 e. The van der Waals surface area contributed by atoms with Gasteiger partial charge < -0.3 is 18.2 Å². The first-order valence-corrected chi connectivity index (χ1v) is 10.6. The molecular weight excluding hydrogens is 312 g/mol. The van der Waals surface area contributed by atoms with E-state index in [4.69, 9.17) is 25.5 Å². The van der Waals surface area contributed by atoms with Gasteiger partial charge in [-0.1, -0.05) is 24.0 Å². The van der Waals surface area contributed by atoms with E-state index in [0.29, 0.717) is 19.8 Å². The first-order valence-electron chi connectivity index (χ1n) is 7.25. The van der Waals surface area contributed by atoms with Gasteiger partial charge in [0, 0.05) is 32.7 Å². The van der Waals surface area contributed by atoms with Gasteiger partial charge in [-0.15, -0.1) is 0 Å². The van der Waals surface area contributed by atoms with Crippen LogP contribution in [0.4, 0.5) is 0 Å². The SMILES string of the molecule is CCN(CC)C(=S)SC[Si]12OCCN(CCO1)CCO2. The number of rotatable bonds is 4. The Morgan fingerprint density at radius 2 is 1.60 bits per heavy atom. The molecule has 0 aromatic rings. The van der Waals surface area contributed by atoms with E-state index in [1.807, 2.05) is 0 Å². The Morgan fingerprint density at radius 3 is 2.05 bits per heavy atom. The predicted octanol–water partition coefficient (Wildman–Crippen LogP) is 1.20. The highest BCUT2D eigenvalue weighted by molar-refractivity contribution is 8.23. The van der Waals surface area contributed by atoms with Gasteiger partial charge in [-0.05, 0) is 13.8 Å². The van der Waals surface area contributed by atoms with Crippen molar-refractivity contribution in [1.29, 1.82) is 0 Å². The molecule has 2 bridgehead atoms. The summed E-state index contributed by atoms with van der Waals surface area (Å²) in [6, 6.07) is 0. The lowest BCUT2D eigenvalue weighted by Gasteiger charge is -2.38. The Balaban J connectivity index is 1.92. The molecule has 3 fully saturated rings. The number of fused-ring (bicyclic) bond motifs is 6. The topological polar surface area (TPSA) is 34.2 Å². The van der Waals surface area contributed by atoms with E-state index in [9.17, 15) is 0 Å². The Morgan fingerprint density at radius 1 is 1.10 bits per heavy atom. The third kappa shape index (κ3) is 4.39. The number of nitrogens with zero attached hydrogens (tertiary/aromatic N) is 2. The molecule has 3 heterocycles. The maximum absolute atomic E-state index is 5.99. The summed E-state index contributed by atoms with van der Waals surface area (Å²) < 4.78 is 18.9. The smallest absolute Gasteiger partial charge is 0.372 e. The van der Waals surface area contributed by atoms with Gasteiger partial charge in [0.1, 0.15) is 4.32 Å². The van der Waals surface area contributed by atoms with Gasteiger partial charge in [0.25, 0.3) is 0 Å². The van der Waals surface area contributed by atoms with Crippen molar-refractivity contribution in [3.63, 3.8) is 0 Å². The summed E-state index contributed by atoms with van der Waals surface area (Å²) in [6.45, 7) is 11.2. The van der Waals surface area contributed by atoms with Crippen molar-refractivity contribution in [3.05, 3.63) is 0 Å². The van der Waals surface area contributed by atoms with Crippen LogP contribution in [0.5, 0.6) is 0 Å². The summed E-state index contributed by atoms with van der Waals surface area (Å²) >= 11 is 7.13. The van der Waals surface area contributed by atoms with Crippen LogP contribution in [-0.2, 0) is 13.3 Å². The molecule has 0 saturated carbocycles. The van der Waals surface area contributed by atoms with Gasteiger partial charge in [0.05, 0.1) is 25.2 Å². The molecule has 0 unspecified atom stereocenters. The average molecular weight is 337 g/mol. The summed E-state index contributed by atoms with van der Waals surface area (Å²) in [4.78, 5) is 4.50. The molecule has 3 rings (SSSR count). The average Bonchev–Trinajstić information content (AvgIpc) is 2.37. The lowest BCUT2D eigenvalue weighted by molar-refractivity contribution is -0.00440. The molecule has 3 aliphatic rings. The van der Waals surface area contributed by atoms with Gasteiger partial charge in [0.2, 0.25) is 0 Å². The molecule has 0 N–H and O–H groups in total. The van der Waals surface area contributed by atoms with Crippen LogP contribution in [0.3, 0.4) is 0 Å². The van der Waals surface area contributed by atoms with E-state index >= 15 is 0 Å². The molecular formula is C12H24N2O3S2Si. The minimum absolute atomic E-state index is 0.699. The second-order valence-corrected chi connectivity index (χ2v) is 9.50. The quantitative estimate of drug-likeness (QED) is 0.564. The lowest BCUT2D eigenvalue weighted by Crippen LogP contribution is -2.57. The third-order valence-electron chi connectivity index (χ3n) is 3.58. The van der Waals surface area contributed by atoms with Crippen LogP contribution in [0.25, 0.3) is 0 Å². The normalized spacial score (nSPS) is 30.4. The Labute approximate surface area is 132 Å². The Kier molecular flexibility index (Phi) is 6.72. The van der Waals surface area contributed by atoms with E-state index in [-0.39, 0.29) is 0 Å². The zero-order chi connectivity index (χ0) is 14.4. The highest BCUT2D eigenvalue weighted by Gasteiger charge is 2.44. The highest BCUT2D eigenvalue weighted by atomic mass is 32.2. The van der Waals surface area contributed by atoms with Crippen molar-refractivity contribution in [2.75, 3.05) is 57.9 Å². The summed E-state index contributed by atoms with van der Waals surface area (Å²) in [5.41, 5.74) is 0. The Bertz CT molecular complexity index is 305. The number of thiocarbonyl (C=S) groups is 1. The summed E-state index contributed by atoms with van der Waals surface area (Å²) in [7, 11) is -2.54. The molecule has 0 radical (unpaired) electrons. The summed E-state index contributed by atoms with van der Waals surface area (Å²) in [6.07, 6.45) is 0. The molecule has 0 spiro atoms. The third-order valence-corrected chi connectivity index (χ3v) is 8.62. The number of thioether (sulfide) groups is 1. The van der Waals surface area contributed by atoms with Gasteiger partial charge in [-0.2, -0.15) is 0 Å². The fraction of sp³-hybridized carbons (Fsp3) is 0.917. The minimum atomic E-state index is -2.54. The number of hydrogen-bond acceptors (Lipinski definition) is 6. The van der Waals surface area contributed by atoms with Crippen molar-refractivity contribution >= 4 is 37.1 Å². The maximum Gasteiger partial charge on any atom is 0.511 e. The highest BCUT2D eigenvalue weighted by Crippen LogP contribution is 2.22. The van der Waals surface area contributed by atoms with Crippen LogP contribution in [0.2, 0.25) is 0 Å². The molecule has 3 saturated heterocycles. The van der Waals surface area contributed by atoms with E-state index < -0.39 is 8.80 Å². The fourth-order valence-electron chi connectivity index (χ4n) is 2.30. The first-order chi connectivity index (χ1) is 9.69. The van der Waals surface area contributed by atoms with E-state index in [0.717, 1.165) is 42.4 Å². The van der Waals surface area contributed by atoms with Gasteiger partial charge in [-0.25, -0.2) is 0 Å². The zero-order valence-electron chi connectivity index (χ0n) is 12.3. The van der Waals surface area contributed by atoms with Crippen LogP contribution >= 0.6 is 24.0 Å². The summed E-state index contributed by atoms with van der Waals surface area (Å²) in [5.74, 6) is 0. The van der Waals surface area contributed by atoms with Gasteiger partial charge in [-0.3, -0.25) is 4.90 Å². The van der Waals surface area contributed by atoms with Crippen LogP contribution < -0.4 is 0 Å². The molecule has 0 atom stereocenters. The molecule has 5 nitrogen and oxygen atoms in total. The van der Waals surface area contributed by atoms with Crippen LogP contribution in [0.15, 0.2) is 0 Å². The first kappa shape index (κ1) is 16.7. The molecule has 3 aliphatic heterocycles. The van der Waals surface area contributed by atoms with Gasteiger partial charge in [0.15, 0.2) is 0 Å². The summed E-state index contributed by atoms with van der Waals surface area (Å²) in [5, 5.41) is 0.725. The molecule has 0 amide bonds. The van der Waals surface area contributed by atoms with Crippen LogP contribution in [0.1, 0.15) is 13.8 Å². The van der Waals surface area contributed by atoms with Crippen molar-refractivity contribution in [1.82, 2.24) is 9.80 Å². The van der Waals surface area contributed by atoms with E-state index in [2.05, 4.69) is 23.6 Å². The fourth-order valence-corrected chi connectivity index (χ4v) is 7.19. The molecule has 0 aliphatic carbocycles. The van der Waals surface area contributed by atoms with Crippen molar-refractivity contribution < 1.29 is 13.3 Å². The molecule has 0 aromatic heterocycles. The largest absolute Gasteiger partial charge is 0.511 e. The molecule has 8 heteroatoms. The van der Waals surface area contributed by atoms with Crippen LogP contribution in [0, 0.1) is 0 Å². The van der Waals surface area contributed by atoms with Crippen molar-refractivity contribution in [2.45, 2.75) is 13.8 Å². The monoisotopic (exact) mass is 336 g/mol. The standard InChI is InChI=1S/C12H24N2O3S2Si/c1-3-14(4-2)12(18)19-11-20-15-8-5-13(6-9-16-20)7-10-17-20/h3-11H2,1-2H3. The molecule has 116 valence electrons. The molecule has 20 heavy (non-hydrogen) atoms.